The van der Waals surface area contributed by atoms with Crippen LogP contribution in [0.25, 0.3) is 11.1 Å². The topological polar surface area (TPSA) is 63.7 Å². The second-order valence-electron chi connectivity index (χ2n) is 9.20. The normalized spacial score (nSPS) is 16.6. The summed E-state index contributed by atoms with van der Waals surface area (Å²) in [5, 5.41) is -0.628. The van der Waals surface area contributed by atoms with Crippen molar-refractivity contribution < 1.29 is 26.7 Å². The standard InChI is InChI=1S/C24H29F2NO4S/c1-16(17-11-13-27(14-12-17)23(28)31-24(2,3)4)32(29,30)20-8-5-18(6-9-20)21-10-7-19(25)15-22(21)26/h5-10,15-17H,11-14H2,1-4H3. The van der Waals surface area contributed by atoms with E-state index >= 15 is 0 Å². The molecule has 1 fully saturated rings. The van der Waals surface area contributed by atoms with Crippen molar-refractivity contribution in [3.05, 3.63) is 54.1 Å². The fraction of sp³-hybridized carbons (Fsp3) is 0.458. The predicted molar refractivity (Wildman–Crippen MR) is 119 cm³/mol. The van der Waals surface area contributed by atoms with E-state index in [-0.39, 0.29) is 22.5 Å². The lowest BCUT2D eigenvalue weighted by Crippen LogP contribution is -2.44. The summed E-state index contributed by atoms with van der Waals surface area (Å²) < 4.78 is 58.9. The zero-order chi connectivity index (χ0) is 23.7. The molecule has 0 radical (unpaired) electrons. The molecule has 1 aliphatic heterocycles. The maximum atomic E-state index is 14.0. The molecule has 8 heteroatoms. The van der Waals surface area contributed by atoms with Crippen molar-refractivity contribution in [2.75, 3.05) is 13.1 Å². The number of benzene rings is 2. The van der Waals surface area contributed by atoms with Crippen LogP contribution in [-0.2, 0) is 14.6 Å². The van der Waals surface area contributed by atoms with Crippen LogP contribution in [0.2, 0.25) is 0 Å². The number of hydrogen-bond acceptors (Lipinski definition) is 4. The molecule has 174 valence electrons. The van der Waals surface area contributed by atoms with Crippen LogP contribution in [0.15, 0.2) is 47.4 Å². The van der Waals surface area contributed by atoms with E-state index in [0.29, 0.717) is 31.5 Å². The SMILES string of the molecule is CC(C1CCN(C(=O)OC(C)(C)C)CC1)S(=O)(=O)c1ccc(-c2ccc(F)cc2F)cc1. The lowest BCUT2D eigenvalue weighted by Gasteiger charge is -2.35. The highest BCUT2D eigenvalue weighted by Crippen LogP contribution is 2.31. The summed E-state index contributed by atoms with van der Waals surface area (Å²) in [6.45, 7) is 8.01. The second-order valence-corrected chi connectivity index (χ2v) is 11.5. The van der Waals surface area contributed by atoms with Crippen LogP contribution in [0, 0.1) is 17.6 Å². The first kappa shape index (κ1) is 24.2. The molecule has 32 heavy (non-hydrogen) atoms. The summed E-state index contributed by atoms with van der Waals surface area (Å²) in [5.74, 6) is -1.46. The molecule has 1 atom stereocenters. The number of halogens is 2. The summed E-state index contributed by atoms with van der Waals surface area (Å²) in [4.78, 5) is 14.0. The number of piperidine rings is 1. The van der Waals surface area contributed by atoms with Crippen molar-refractivity contribution in [3.8, 4) is 11.1 Å². The molecule has 1 unspecified atom stereocenters. The number of carbonyl (C=O) groups excluding carboxylic acids is 1. The van der Waals surface area contributed by atoms with Crippen LogP contribution in [0.4, 0.5) is 13.6 Å². The van der Waals surface area contributed by atoms with E-state index in [1.165, 1.54) is 30.3 Å². The third kappa shape index (κ3) is 5.46. The average molecular weight is 466 g/mol. The zero-order valence-corrected chi connectivity index (χ0v) is 19.6. The third-order valence-corrected chi connectivity index (χ3v) is 8.06. The highest BCUT2D eigenvalue weighted by Gasteiger charge is 2.35. The van der Waals surface area contributed by atoms with Crippen molar-refractivity contribution in [2.24, 2.45) is 5.92 Å². The highest BCUT2D eigenvalue weighted by molar-refractivity contribution is 7.92. The molecule has 0 bridgehead atoms. The van der Waals surface area contributed by atoms with E-state index in [0.717, 1.165) is 12.1 Å². The van der Waals surface area contributed by atoms with Gasteiger partial charge in [0.15, 0.2) is 9.84 Å². The van der Waals surface area contributed by atoms with E-state index in [4.69, 9.17) is 4.74 Å². The van der Waals surface area contributed by atoms with Crippen LogP contribution in [0.3, 0.4) is 0 Å². The van der Waals surface area contributed by atoms with Gasteiger partial charge < -0.3 is 9.64 Å². The number of carbonyl (C=O) groups is 1. The Labute approximate surface area is 188 Å². The fourth-order valence-corrected chi connectivity index (χ4v) is 5.62. The Kier molecular flexibility index (Phi) is 6.93. The van der Waals surface area contributed by atoms with Crippen molar-refractivity contribution in [3.63, 3.8) is 0 Å². The zero-order valence-electron chi connectivity index (χ0n) is 18.8. The van der Waals surface area contributed by atoms with Gasteiger partial charge in [0.05, 0.1) is 10.1 Å². The quantitative estimate of drug-likeness (QED) is 0.603. The highest BCUT2D eigenvalue weighted by atomic mass is 32.2. The van der Waals surface area contributed by atoms with Crippen molar-refractivity contribution in [1.82, 2.24) is 4.90 Å². The van der Waals surface area contributed by atoms with Gasteiger partial charge in [-0.2, -0.15) is 0 Å². The lowest BCUT2D eigenvalue weighted by molar-refractivity contribution is 0.0184. The minimum Gasteiger partial charge on any atom is -0.444 e. The van der Waals surface area contributed by atoms with Gasteiger partial charge in [0, 0.05) is 24.7 Å². The average Bonchev–Trinajstić information content (AvgIpc) is 2.72. The summed E-state index contributed by atoms with van der Waals surface area (Å²) >= 11 is 0. The summed E-state index contributed by atoms with van der Waals surface area (Å²) in [6, 6.07) is 9.26. The smallest absolute Gasteiger partial charge is 0.410 e. The molecule has 1 amide bonds. The second kappa shape index (κ2) is 9.17. The van der Waals surface area contributed by atoms with Crippen LogP contribution >= 0.6 is 0 Å². The summed E-state index contributed by atoms with van der Waals surface area (Å²) in [7, 11) is -3.61. The molecule has 0 aliphatic carbocycles. The summed E-state index contributed by atoms with van der Waals surface area (Å²) in [5.41, 5.74) is 0.103. The molecule has 2 aromatic rings. The number of ether oxygens (including phenoxy) is 1. The van der Waals surface area contributed by atoms with Gasteiger partial charge in [0.2, 0.25) is 0 Å². The van der Waals surface area contributed by atoms with Gasteiger partial charge in [-0.3, -0.25) is 0 Å². The minimum absolute atomic E-state index is 0.0899. The molecule has 3 rings (SSSR count). The Morgan fingerprint density at radius 1 is 1.06 bits per heavy atom. The lowest BCUT2D eigenvalue weighted by atomic mass is 9.94. The number of likely N-dealkylation sites (tertiary alicyclic amines) is 1. The number of nitrogens with zero attached hydrogens (tertiary/aromatic N) is 1. The molecule has 0 spiro atoms. The molecule has 0 saturated carbocycles. The van der Waals surface area contributed by atoms with Gasteiger partial charge in [-0.25, -0.2) is 22.0 Å². The van der Waals surface area contributed by atoms with Crippen LogP contribution in [-0.4, -0.2) is 43.4 Å². The van der Waals surface area contributed by atoms with Gasteiger partial charge in [-0.15, -0.1) is 0 Å². The Balaban J connectivity index is 1.68. The molecular weight excluding hydrogens is 436 g/mol. The third-order valence-electron chi connectivity index (χ3n) is 5.77. The van der Waals surface area contributed by atoms with E-state index in [2.05, 4.69) is 0 Å². The molecule has 2 aromatic carbocycles. The molecule has 5 nitrogen and oxygen atoms in total. The number of sulfone groups is 1. The first-order valence-corrected chi connectivity index (χ1v) is 12.2. The van der Waals surface area contributed by atoms with Crippen molar-refractivity contribution >= 4 is 15.9 Å². The monoisotopic (exact) mass is 465 g/mol. The fourth-order valence-electron chi connectivity index (χ4n) is 3.89. The van der Waals surface area contributed by atoms with Crippen LogP contribution < -0.4 is 0 Å². The minimum atomic E-state index is -3.61. The Bertz CT molecular complexity index is 1070. The first-order valence-electron chi connectivity index (χ1n) is 10.7. The van der Waals surface area contributed by atoms with Gasteiger partial charge in [-0.05, 0) is 76.3 Å². The van der Waals surface area contributed by atoms with Gasteiger partial charge in [-0.1, -0.05) is 12.1 Å². The van der Waals surface area contributed by atoms with Crippen LogP contribution in [0.1, 0.15) is 40.5 Å². The van der Waals surface area contributed by atoms with E-state index in [1.54, 1.807) is 11.8 Å². The number of rotatable bonds is 4. The Morgan fingerprint density at radius 2 is 1.66 bits per heavy atom. The predicted octanol–water partition coefficient (Wildman–Crippen LogP) is 5.44. The van der Waals surface area contributed by atoms with E-state index in [9.17, 15) is 22.0 Å². The Morgan fingerprint density at radius 3 is 2.19 bits per heavy atom. The number of amides is 1. The molecule has 0 aromatic heterocycles. The molecule has 1 saturated heterocycles. The molecule has 0 N–H and O–H groups in total. The van der Waals surface area contributed by atoms with E-state index < -0.39 is 32.3 Å². The van der Waals surface area contributed by atoms with Gasteiger partial charge in [0.1, 0.15) is 17.2 Å². The van der Waals surface area contributed by atoms with Crippen molar-refractivity contribution in [1.29, 1.82) is 0 Å². The van der Waals surface area contributed by atoms with Crippen LogP contribution in [0.5, 0.6) is 0 Å². The molecule has 1 heterocycles. The molecule has 1 aliphatic rings. The Hall–Kier alpha value is -2.48. The maximum Gasteiger partial charge on any atom is 0.410 e. The van der Waals surface area contributed by atoms with E-state index in [1.807, 2.05) is 20.8 Å². The van der Waals surface area contributed by atoms with Gasteiger partial charge in [0.25, 0.3) is 0 Å². The number of hydrogen-bond donors (Lipinski definition) is 0. The largest absolute Gasteiger partial charge is 0.444 e. The first-order chi connectivity index (χ1) is 14.9. The van der Waals surface area contributed by atoms with Crippen molar-refractivity contribution in [2.45, 2.75) is 56.3 Å². The molecular formula is C24H29F2NO4S. The summed E-state index contributed by atoms with van der Waals surface area (Å²) in [6.07, 6.45) is 0.756. The van der Waals surface area contributed by atoms with Gasteiger partial charge >= 0.3 is 6.09 Å². The maximum absolute atomic E-state index is 14.0.